The van der Waals surface area contributed by atoms with Crippen LogP contribution in [0.3, 0.4) is 0 Å². The van der Waals surface area contributed by atoms with Gasteiger partial charge in [0.15, 0.2) is 9.84 Å². The summed E-state index contributed by atoms with van der Waals surface area (Å²) in [5, 5.41) is 2.20. The van der Waals surface area contributed by atoms with E-state index in [1.165, 1.54) is 10.5 Å². The molecule has 12 heteroatoms. The summed E-state index contributed by atoms with van der Waals surface area (Å²) in [6.07, 6.45) is 11.4. The maximum Gasteiger partial charge on any atom is 0.373 e. The van der Waals surface area contributed by atoms with Gasteiger partial charge in [0.05, 0.1) is 55.4 Å². The Kier molecular flexibility index (Phi) is 10.7. The third-order valence-corrected chi connectivity index (χ3v) is 10.2. The van der Waals surface area contributed by atoms with Crippen LogP contribution < -0.4 is 22.6 Å². The van der Waals surface area contributed by atoms with Crippen molar-refractivity contribution in [3.8, 4) is 0 Å². The summed E-state index contributed by atoms with van der Waals surface area (Å²) in [6.45, 7) is 9.11. The molecular formula is C30H37ClN4O6S. The minimum atomic E-state index is -3.44. The van der Waals surface area contributed by atoms with Crippen LogP contribution in [-0.2, 0) is 24.2 Å². The number of hydrogen-bond donors (Lipinski definition) is 3. The van der Waals surface area contributed by atoms with E-state index in [-0.39, 0.29) is 36.1 Å². The zero-order valence-electron chi connectivity index (χ0n) is 24.3. The highest BCUT2D eigenvalue weighted by Crippen LogP contribution is 2.35. The second-order valence-corrected chi connectivity index (χ2v) is 13.3. The van der Waals surface area contributed by atoms with Gasteiger partial charge in [-0.3, -0.25) is 9.59 Å². The van der Waals surface area contributed by atoms with Crippen molar-refractivity contribution in [3.63, 3.8) is 0 Å². The molecule has 2 saturated heterocycles. The number of halogens is 1. The summed E-state index contributed by atoms with van der Waals surface area (Å²) < 4.78 is 26.6. The number of fused-ring (bicyclic) bond motifs is 1. The number of aryl methyl sites for hydroxylation is 1. The van der Waals surface area contributed by atoms with Crippen LogP contribution in [0.5, 0.6) is 0 Å². The third-order valence-electron chi connectivity index (χ3n) is 8.15. The van der Waals surface area contributed by atoms with E-state index in [1.54, 1.807) is 12.2 Å². The first kappa shape index (κ1) is 33.0. The molecule has 1 aromatic rings. The van der Waals surface area contributed by atoms with Crippen molar-refractivity contribution in [1.82, 2.24) is 15.2 Å². The summed E-state index contributed by atoms with van der Waals surface area (Å²) in [6, 6.07) is 0. The highest BCUT2D eigenvalue weighted by atomic mass is 35.5. The van der Waals surface area contributed by atoms with Gasteiger partial charge in [-0.1, -0.05) is 35.5 Å². The largest absolute Gasteiger partial charge is 1.00 e. The first-order valence-corrected chi connectivity index (χ1v) is 15.5. The van der Waals surface area contributed by atoms with Crippen molar-refractivity contribution < 1.29 is 44.9 Å². The molecule has 2 aliphatic heterocycles. The molecule has 226 valence electrons. The number of carbonyl (C=O) groups excluding carboxylic acids is 4. The molecule has 42 heavy (non-hydrogen) atoms. The van der Waals surface area contributed by atoms with E-state index < -0.39 is 15.1 Å². The summed E-state index contributed by atoms with van der Waals surface area (Å²) in [4.78, 5) is 49.1. The lowest BCUT2D eigenvalue weighted by Gasteiger charge is -2.30. The van der Waals surface area contributed by atoms with E-state index in [2.05, 4.69) is 24.3 Å². The minimum Gasteiger partial charge on any atom is -1.00 e. The molecular weight excluding hydrogens is 580 g/mol. The fraction of sp³-hybridized carbons (Fsp3) is 0.433. The first-order valence-electron chi connectivity index (χ1n) is 13.8. The minimum absolute atomic E-state index is 0. The maximum atomic E-state index is 13.3. The Bertz CT molecular complexity index is 1550. The van der Waals surface area contributed by atoms with E-state index in [4.69, 9.17) is 9.59 Å². The molecule has 4 aliphatic rings. The maximum absolute atomic E-state index is 13.3. The third kappa shape index (κ3) is 7.10. The van der Waals surface area contributed by atoms with Gasteiger partial charge < -0.3 is 32.5 Å². The Morgan fingerprint density at radius 2 is 1.81 bits per heavy atom. The molecule has 1 atom stereocenters. The lowest BCUT2D eigenvalue weighted by atomic mass is 9.98. The fourth-order valence-electron chi connectivity index (χ4n) is 5.65. The Morgan fingerprint density at radius 3 is 2.43 bits per heavy atom. The van der Waals surface area contributed by atoms with Gasteiger partial charge in [-0.15, -0.1) is 0 Å². The van der Waals surface area contributed by atoms with Gasteiger partial charge in [-0.2, -0.15) is 9.59 Å². The van der Waals surface area contributed by atoms with Crippen molar-refractivity contribution in [2.24, 2.45) is 0 Å². The number of H-pyrrole nitrogens is 1. The molecule has 2 aliphatic carbocycles. The van der Waals surface area contributed by atoms with Crippen molar-refractivity contribution in [1.29, 1.82) is 0 Å². The molecule has 3 N–H and O–H groups in total. The van der Waals surface area contributed by atoms with Crippen LogP contribution in [0.2, 0.25) is 0 Å². The average molecular weight is 617 g/mol. The number of aromatic amines is 1. The number of amides is 2. The predicted octanol–water partition coefficient (Wildman–Crippen LogP) is -1.80. The number of nitrogens with zero attached hydrogens (tertiary/aromatic N) is 1. The number of allylic oxidation sites excluding steroid dienone is 5. The van der Waals surface area contributed by atoms with Crippen LogP contribution >= 0.6 is 0 Å². The molecule has 3 heterocycles. The van der Waals surface area contributed by atoms with Gasteiger partial charge in [0.2, 0.25) is 0 Å². The van der Waals surface area contributed by atoms with Gasteiger partial charge >= 0.3 is 6.15 Å². The zero-order valence-corrected chi connectivity index (χ0v) is 25.9. The van der Waals surface area contributed by atoms with Crippen LogP contribution in [-0.4, -0.2) is 80.5 Å². The Hall–Kier alpha value is -3.50. The molecule has 0 aromatic carbocycles. The molecule has 0 bridgehead atoms. The molecule has 0 radical (unpaired) electrons. The first-order chi connectivity index (χ1) is 19.4. The summed E-state index contributed by atoms with van der Waals surface area (Å²) in [5.74, 6) is -0.226. The van der Waals surface area contributed by atoms with E-state index in [0.29, 0.717) is 34.5 Å². The normalized spacial score (nSPS) is 21.4. The van der Waals surface area contributed by atoms with Crippen LogP contribution in [0.25, 0.3) is 6.08 Å². The SMILES string of the molecule is CC1=CC=C(CS(=O)(=O)C2C=C3C(=CC2)NC(=O)/C3=C\c2[nH]c(C)c(C(=O)N3CC[NH+](C)CC3)c2C)CC1.O=C=O.[Cl-]. The quantitative estimate of drug-likeness (QED) is 0.334. The van der Waals surface area contributed by atoms with Gasteiger partial charge in [0, 0.05) is 22.7 Å². The second kappa shape index (κ2) is 13.6. The van der Waals surface area contributed by atoms with Gasteiger partial charge in [-0.25, -0.2) is 8.42 Å². The topological polar surface area (TPSA) is 138 Å². The fourth-order valence-corrected chi connectivity index (χ4v) is 7.35. The van der Waals surface area contributed by atoms with Crippen LogP contribution in [0.4, 0.5) is 0 Å². The van der Waals surface area contributed by atoms with Crippen molar-refractivity contribution >= 4 is 33.9 Å². The molecule has 0 saturated carbocycles. The Labute approximate surface area is 252 Å². The summed E-state index contributed by atoms with van der Waals surface area (Å²) in [5.41, 5.74) is 6.77. The standard InChI is InChI=1S/C29H36N4O4S.CO2.ClH/c1-18-5-7-21(8-6-18)17-38(36,37)22-9-10-25-23(15-22)24(28(34)31-25)16-26-19(2)27(20(3)30-26)29(35)33-13-11-32(4)12-14-33;2-1-3;/h5,7,10,15-16,22,30H,6,8-9,11-14,17H2,1-4H3,(H,31,34);;1H/b24-16-;;. The number of nitrogens with one attached hydrogen (secondary N) is 3. The van der Waals surface area contributed by atoms with Gasteiger partial charge in [-0.05, 0) is 51.7 Å². The van der Waals surface area contributed by atoms with E-state index in [0.717, 1.165) is 55.9 Å². The summed E-state index contributed by atoms with van der Waals surface area (Å²) in [7, 11) is -1.30. The average Bonchev–Trinajstić information content (AvgIpc) is 3.39. The van der Waals surface area contributed by atoms with Gasteiger partial charge in [0.1, 0.15) is 0 Å². The molecule has 2 fully saturated rings. The number of piperazine rings is 1. The summed E-state index contributed by atoms with van der Waals surface area (Å²) >= 11 is 0. The smallest absolute Gasteiger partial charge is 0.373 e. The van der Waals surface area contributed by atoms with Gasteiger partial charge in [0.25, 0.3) is 11.8 Å². The molecule has 10 nitrogen and oxygen atoms in total. The highest BCUT2D eigenvalue weighted by Gasteiger charge is 2.35. The van der Waals surface area contributed by atoms with Crippen LogP contribution in [0.15, 0.2) is 52.3 Å². The number of hydrogen-bond acceptors (Lipinski definition) is 6. The zero-order chi connectivity index (χ0) is 29.9. The van der Waals surface area contributed by atoms with Crippen LogP contribution in [0.1, 0.15) is 53.5 Å². The van der Waals surface area contributed by atoms with Crippen molar-refractivity contribution in [2.75, 3.05) is 39.0 Å². The van der Waals surface area contributed by atoms with Crippen LogP contribution in [0, 0.1) is 13.8 Å². The Balaban J connectivity index is 0.00000116. The molecule has 2 amide bonds. The number of carbonyl (C=O) groups is 2. The van der Waals surface area contributed by atoms with E-state index >= 15 is 0 Å². The number of sulfone groups is 1. The second-order valence-electron chi connectivity index (χ2n) is 11.1. The Morgan fingerprint density at radius 1 is 1.14 bits per heavy atom. The lowest BCUT2D eigenvalue weighted by molar-refractivity contribution is -0.883. The van der Waals surface area contributed by atoms with E-state index in [1.807, 2.05) is 37.0 Å². The molecule has 1 aromatic heterocycles. The molecule has 1 unspecified atom stereocenters. The lowest BCUT2D eigenvalue weighted by Crippen LogP contribution is -3.12. The molecule has 0 spiro atoms. The number of quaternary nitrogens is 1. The monoisotopic (exact) mass is 616 g/mol. The highest BCUT2D eigenvalue weighted by molar-refractivity contribution is 7.92. The number of likely N-dealkylation sites (N-methyl/N-ethyl adjacent to an activating group) is 1. The number of aromatic nitrogens is 1. The number of rotatable bonds is 5. The van der Waals surface area contributed by atoms with E-state index in [9.17, 15) is 18.0 Å². The molecule has 5 rings (SSSR count). The van der Waals surface area contributed by atoms with Crippen molar-refractivity contribution in [3.05, 3.63) is 74.8 Å². The predicted molar refractivity (Wildman–Crippen MR) is 153 cm³/mol. The van der Waals surface area contributed by atoms with Crippen molar-refractivity contribution in [2.45, 2.75) is 45.3 Å².